The average molecular weight is 404 g/mol. The SMILES string of the molecule is Cc1cccc(NC(=O)CSc2nnc(-c3ccccn3)n2-n2cccc2)c1C. The van der Waals surface area contributed by atoms with Gasteiger partial charge in [-0.15, -0.1) is 10.2 Å². The smallest absolute Gasteiger partial charge is 0.234 e. The lowest BCUT2D eigenvalue weighted by atomic mass is 10.1. The predicted octanol–water partition coefficient (Wildman–Crippen LogP) is 3.80. The Morgan fingerprint density at radius 3 is 2.62 bits per heavy atom. The molecule has 4 aromatic rings. The van der Waals surface area contributed by atoms with Gasteiger partial charge in [-0.05, 0) is 55.3 Å². The van der Waals surface area contributed by atoms with Gasteiger partial charge >= 0.3 is 0 Å². The van der Waals surface area contributed by atoms with E-state index in [1.165, 1.54) is 11.8 Å². The number of aryl methyl sites for hydroxylation is 1. The Balaban J connectivity index is 1.55. The summed E-state index contributed by atoms with van der Waals surface area (Å²) >= 11 is 1.33. The highest BCUT2D eigenvalue weighted by Gasteiger charge is 2.18. The first kappa shape index (κ1) is 18.9. The minimum absolute atomic E-state index is 0.0925. The number of pyridine rings is 1. The van der Waals surface area contributed by atoms with Crippen LogP contribution in [-0.2, 0) is 4.79 Å². The zero-order chi connectivity index (χ0) is 20.2. The molecule has 0 atom stereocenters. The molecule has 3 heterocycles. The second-order valence-corrected chi connectivity index (χ2v) is 7.42. The first-order valence-electron chi connectivity index (χ1n) is 9.13. The van der Waals surface area contributed by atoms with Crippen LogP contribution in [-0.4, -0.2) is 36.2 Å². The van der Waals surface area contributed by atoms with Crippen LogP contribution in [0.5, 0.6) is 0 Å². The predicted molar refractivity (Wildman–Crippen MR) is 114 cm³/mol. The Kier molecular flexibility index (Phi) is 5.44. The number of carbonyl (C=O) groups is 1. The third-order valence-corrected chi connectivity index (χ3v) is 5.46. The van der Waals surface area contributed by atoms with Gasteiger partial charge in [0.05, 0.1) is 5.75 Å². The van der Waals surface area contributed by atoms with Gasteiger partial charge in [0.15, 0.2) is 0 Å². The minimum Gasteiger partial charge on any atom is -0.325 e. The van der Waals surface area contributed by atoms with Gasteiger partial charge in [-0.2, -0.15) is 0 Å². The summed E-state index contributed by atoms with van der Waals surface area (Å²) in [6.45, 7) is 4.03. The van der Waals surface area contributed by atoms with Gasteiger partial charge in [-0.3, -0.25) is 14.5 Å². The number of hydrogen-bond acceptors (Lipinski definition) is 5. The minimum atomic E-state index is -0.0925. The molecule has 8 heteroatoms. The molecule has 0 aliphatic heterocycles. The first-order chi connectivity index (χ1) is 14.1. The molecule has 0 saturated heterocycles. The second kappa shape index (κ2) is 8.32. The molecule has 29 heavy (non-hydrogen) atoms. The fraction of sp³-hybridized carbons (Fsp3) is 0.143. The number of thioether (sulfide) groups is 1. The average Bonchev–Trinajstić information content (AvgIpc) is 3.40. The lowest BCUT2D eigenvalue weighted by Crippen LogP contribution is -2.16. The van der Waals surface area contributed by atoms with Crippen LogP contribution in [0.1, 0.15) is 11.1 Å². The number of benzene rings is 1. The van der Waals surface area contributed by atoms with Gasteiger partial charge in [-0.25, -0.2) is 4.68 Å². The molecule has 4 rings (SSSR count). The van der Waals surface area contributed by atoms with Gasteiger partial charge in [0.25, 0.3) is 0 Å². The highest BCUT2D eigenvalue weighted by atomic mass is 32.2. The Morgan fingerprint density at radius 1 is 1.03 bits per heavy atom. The zero-order valence-electron chi connectivity index (χ0n) is 16.1. The van der Waals surface area contributed by atoms with Gasteiger partial charge < -0.3 is 5.32 Å². The van der Waals surface area contributed by atoms with Crippen molar-refractivity contribution >= 4 is 23.4 Å². The van der Waals surface area contributed by atoms with E-state index in [1.807, 2.05) is 84.1 Å². The third-order valence-electron chi connectivity index (χ3n) is 4.54. The fourth-order valence-corrected chi connectivity index (χ4v) is 3.61. The van der Waals surface area contributed by atoms with Crippen LogP contribution in [0, 0.1) is 13.8 Å². The number of nitrogens with one attached hydrogen (secondary N) is 1. The Labute approximate surface area is 172 Å². The molecule has 0 bridgehead atoms. The number of hydrogen-bond donors (Lipinski definition) is 1. The molecule has 1 aromatic carbocycles. The molecule has 3 aromatic heterocycles. The van der Waals surface area contributed by atoms with Crippen molar-refractivity contribution in [3.05, 3.63) is 78.2 Å². The number of rotatable bonds is 6. The summed E-state index contributed by atoms with van der Waals surface area (Å²) in [4.78, 5) is 16.9. The van der Waals surface area contributed by atoms with Gasteiger partial charge in [0.1, 0.15) is 5.69 Å². The van der Waals surface area contributed by atoms with Crippen molar-refractivity contribution < 1.29 is 4.79 Å². The van der Waals surface area contributed by atoms with Crippen molar-refractivity contribution in [1.82, 2.24) is 24.5 Å². The number of amides is 1. The Bertz CT molecular complexity index is 1120. The van der Waals surface area contributed by atoms with E-state index in [0.29, 0.717) is 16.7 Å². The van der Waals surface area contributed by atoms with E-state index >= 15 is 0 Å². The van der Waals surface area contributed by atoms with Crippen LogP contribution in [0.15, 0.2) is 72.3 Å². The van der Waals surface area contributed by atoms with Crippen molar-refractivity contribution in [2.75, 3.05) is 11.1 Å². The van der Waals surface area contributed by atoms with Crippen molar-refractivity contribution in [2.45, 2.75) is 19.0 Å². The summed E-state index contributed by atoms with van der Waals surface area (Å²) in [6.07, 6.45) is 5.51. The van der Waals surface area contributed by atoms with Crippen LogP contribution in [0.4, 0.5) is 5.69 Å². The molecule has 146 valence electrons. The van der Waals surface area contributed by atoms with E-state index in [4.69, 9.17) is 0 Å². The van der Waals surface area contributed by atoms with Crippen LogP contribution < -0.4 is 5.32 Å². The van der Waals surface area contributed by atoms with E-state index in [-0.39, 0.29) is 11.7 Å². The van der Waals surface area contributed by atoms with Crippen LogP contribution >= 0.6 is 11.8 Å². The number of anilines is 1. The Hall–Kier alpha value is -3.39. The quantitative estimate of drug-likeness (QED) is 0.495. The third kappa shape index (κ3) is 4.07. The number of aromatic nitrogens is 5. The van der Waals surface area contributed by atoms with Crippen molar-refractivity contribution in [3.8, 4) is 11.5 Å². The van der Waals surface area contributed by atoms with Crippen molar-refractivity contribution in [1.29, 1.82) is 0 Å². The van der Waals surface area contributed by atoms with Gasteiger partial charge in [-0.1, -0.05) is 30.0 Å². The lowest BCUT2D eigenvalue weighted by molar-refractivity contribution is -0.113. The number of nitrogens with zero attached hydrogens (tertiary/aromatic N) is 5. The van der Waals surface area contributed by atoms with Crippen molar-refractivity contribution in [2.24, 2.45) is 0 Å². The summed E-state index contributed by atoms with van der Waals surface area (Å²) in [5.74, 6) is 0.735. The molecule has 0 spiro atoms. The lowest BCUT2D eigenvalue weighted by Gasteiger charge is -2.12. The topological polar surface area (TPSA) is 77.6 Å². The molecule has 0 saturated carbocycles. The Morgan fingerprint density at radius 2 is 1.86 bits per heavy atom. The first-order valence-corrected chi connectivity index (χ1v) is 10.1. The standard InChI is InChI=1S/C21H20N6OS/c1-15-8-7-10-17(16(15)2)23-19(28)14-29-21-25-24-20(18-9-3-4-11-22-18)27(21)26-12-5-6-13-26/h3-13H,14H2,1-2H3,(H,23,28). The molecule has 0 aliphatic rings. The molecular formula is C21H20N6OS. The summed E-state index contributed by atoms with van der Waals surface area (Å²) < 4.78 is 3.72. The van der Waals surface area contributed by atoms with E-state index in [1.54, 1.807) is 6.20 Å². The molecule has 7 nitrogen and oxygen atoms in total. The van der Waals surface area contributed by atoms with Crippen LogP contribution in [0.2, 0.25) is 0 Å². The molecule has 0 aliphatic carbocycles. The van der Waals surface area contributed by atoms with Gasteiger partial charge in [0.2, 0.25) is 16.9 Å². The molecule has 1 amide bonds. The van der Waals surface area contributed by atoms with Gasteiger partial charge in [0, 0.05) is 24.3 Å². The summed E-state index contributed by atoms with van der Waals surface area (Å²) in [6, 6.07) is 15.4. The normalized spacial score (nSPS) is 10.8. The highest BCUT2D eigenvalue weighted by Crippen LogP contribution is 2.24. The monoisotopic (exact) mass is 404 g/mol. The van der Waals surface area contributed by atoms with E-state index in [2.05, 4.69) is 20.5 Å². The molecule has 0 unspecified atom stereocenters. The molecular weight excluding hydrogens is 384 g/mol. The highest BCUT2D eigenvalue weighted by molar-refractivity contribution is 7.99. The van der Waals surface area contributed by atoms with Crippen molar-refractivity contribution in [3.63, 3.8) is 0 Å². The fourth-order valence-electron chi connectivity index (χ4n) is 2.88. The molecule has 0 fully saturated rings. The van der Waals surface area contributed by atoms with E-state index < -0.39 is 0 Å². The zero-order valence-corrected chi connectivity index (χ0v) is 16.9. The summed E-state index contributed by atoms with van der Waals surface area (Å²) in [5.41, 5.74) is 3.75. The molecule has 0 radical (unpaired) electrons. The summed E-state index contributed by atoms with van der Waals surface area (Å²) in [7, 11) is 0. The van der Waals surface area contributed by atoms with E-state index in [9.17, 15) is 4.79 Å². The maximum absolute atomic E-state index is 12.5. The maximum atomic E-state index is 12.5. The van der Waals surface area contributed by atoms with Crippen LogP contribution in [0.25, 0.3) is 11.5 Å². The van der Waals surface area contributed by atoms with Crippen LogP contribution in [0.3, 0.4) is 0 Å². The second-order valence-electron chi connectivity index (χ2n) is 6.48. The summed E-state index contributed by atoms with van der Waals surface area (Å²) in [5, 5.41) is 12.2. The van der Waals surface area contributed by atoms with E-state index in [0.717, 1.165) is 16.8 Å². The number of carbonyl (C=O) groups excluding carboxylic acids is 1. The molecule has 1 N–H and O–H groups in total. The maximum Gasteiger partial charge on any atom is 0.234 e. The largest absolute Gasteiger partial charge is 0.325 e.